The fourth-order valence-electron chi connectivity index (χ4n) is 3.50. The summed E-state index contributed by atoms with van der Waals surface area (Å²) in [5.41, 5.74) is 0.290. The Kier molecular flexibility index (Phi) is 5.13. The molecular formula is C20H18FN5O4. The minimum atomic E-state index is -1.59. The molecule has 0 bridgehead atoms. The van der Waals surface area contributed by atoms with Crippen LogP contribution < -0.4 is 15.6 Å². The molecule has 3 N–H and O–H groups in total. The number of nitrogens with zero attached hydrogens (tertiary/aromatic N) is 3. The number of aromatic nitrogens is 4. The summed E-state index contributed by atoms with van der Waals surface area (Å²) in [4.78, 5) is 28.9. The van der Waals surface area contributed by atoms with E-state index in [9.17, 15) is 14.0 Å². The summed E-state index contributed by atoms with van der Waals surface area (Å²) >= 11 is 0. The van der Waals surface area contributed by atoms with Crippen molar-refractivity contribution in [2.24, 2.45) is 0 Å². The predicted octanol–water partition coefficient (Wildman–Crippen LogP) is 2.96. The van der Waals surface area contributed by atoms with Crippen LogP contribution in [0.25, 0.3) is 11.3 Å². The first-order chi connectivity index (χ1) is 14.5. The number of nitrogens with one attached hydrogen (secondary N) is 2. The lowest BCUT2D eigenvalue weighted by atomic mass is 9.66. The van der Waals surface area contributed by atoms with E-state index in [1.54, 1.807) is 24.4 Å². The standard InChI is InChI=1S/C20H18FN5O4/c21-13-3-1-8-22-17(13)20(6-2-7-20)11-24-16-5-4-14(25-26-16)12-9-15(30-19(28)29)18(27)23-10-12/h1,3-5,8-10H,2,6-7,11H2,(H,23,27)(H,24,26)(H,28,29). The van der Waals surface area contributed by atoms with Crippen molar-refractivity contribution in [3.05, 3.63) is 64.6 Å². The highest BCUT2D eigenvalue weighted by atomic mass is 19.1. The number of pyridine rings is 2. The van der Waals surface area contributed by atoms with Crippen LogP contribution in [-0.4, -0.2) is 38.0 Å². The molecule has 30 heavy (non-hydrogen) atoms. The van der Waals surface area contributed by atoms with Crippen molar-refractivity contribution in [1.29, 1.82) is 0 Å². The Hall–Kier alpha value is -3.82. The largest absolute Gasteiger partial charge is 0.511 e. The molecule has 1 aliphatic carbocycles. The maximum atomic E-state index is 14.2. The van der Waals surface area contributed by atoms with Crippen LogP contribution in [0.4, 0.5) is 15.0 Å². The molecule has 0 atom stereocenters. The van der Waals surface area contributed by atoms with Gasteiger partial charge in [0, 0.05) is 29.9 Å². The van der Waals surface area contributed by atoms with Crippen molar-refractivity contribution < 1.29 is 19.0 Å². The van der Waals surface area contributed by atoms with Gasteiger partial charge in [-0.3, -0.25) is 9.78 Å². The van der Waals surface area contributed by atoms with E-state index in [2.05, 4.69) is 30.2 Å². The lowest BCUT2D eigenvalue weighted by Gasteiger charge is -2.41. The molecule has 1 saturated carbocycles. The van der Waals surface area contributed by atoms with Gasteiger partial charge in [0.2, 0.25) is 0 Å². The fraction of sp³-hybridized carbons (Fsp3) is 0.250. The Labute approximate surface area is 170 Å². The molecule has 1 fully saturated rings. The van der Waals surface area contributed by atoms with Gasteiger partial charge >= 0.3 is 6.16 Å². The van der Waals surface area contributed by atoms with Gasteiger partial charge in [-0.15, -0.1) is 10.2 Å². The van der Waals surface area contributed by atoms with E-state index in [0.29, 0.717) is 29.3 Å². The Morgan fingerprint density at radius 3 is 2.77 bits per heavy atom. The first-order valence-electron chi connectivity index (χ1n) is 9.29. The van der Waals surface area contributed by atoms with Crippen LogP contribution in [0.2, 0.25) is 0 Å². The molecule has 10 heteroatoms. The van der Waals surface area contributed by atoms with Gasteiger partial charge in [0.1, 0.15) is 11.6 Å². The van der Waals surface area contributed by atoms with E-state index >= 15 is 0 Å². The van der Waals surface area contributed by atoms with Crippen molar-refractivity contribution in [1.82, 2.24) is 20.2 Å². The van der Waals surface area contributed by atoms with Gasteiger partial charge in [-0.1, -0.05) is 6.42 Å². The smallest absolute Gasteiger partial charge is 0.449 e. The third-order valence-corrected chi connectivity index (χ3v) is 5.21. The maximum absolute atomic E-state index is 14.2. The van der Waals surface area contributed by atoms with E-state index in [-0.39, 0.29) is 17.0 Å². The molecule has 3 aromatic rings. The summed E-state index contributed by atoms with van der Waals surface area (Å²) in [5, 5.41) is 20.1. The second-order valence-corrected chi connectivity index (χ2v) is 7.07. The summed E-state index contributed by atoms with van der Waals surface area (Å²) in [7, 11) is 0. The van der Waals surface area contributed by atoms with Gasteiger partial charge in [0.05, 0.1) is 11.4 Å². The first-order valence-corrected chi connectivity index (χ1v) is 9.29. The Morgan fingerprint density at radius 1 is 1.30 bits per heavy atom. The average molecular weight is 411 g/mol. The van der Waals surface area contributed by atoms with Gasteiger partial charge in [-0.05, 0) is 43.2 Å². The van der Waals surface area contributed by atoms with Gasteiger partial charge in [-0.25, -0.2) is 9.18 Å². The molecule has 0 spiro atoms. The summed E-state index contributed by atoms with van der Waals surface area (Å²) in [6.07, 6.45) is 4.08. The normalized spacial score (nSPS) is 14.6. The van der Waals surface area contributed by atoms with Crippen molar-refractivity contribution in [3.8, 4) is 17.0 Å². The number of halogens is 1. The molecule has 0 aromatic carbocycles. The minimum Gasteiger partial charge on any atom is -0.449 e. The number of aromatic amines is 1. The van der Waals surface area contributed by atoms with Crippen LogP contribution >= 0.6 is 0 Å². The lowest BCUT2D eigenvalue weighted by molar-refractivity contribution is 0.144. The van der Waals surface area contributed by atoms with Crippen LogP contribution in [0.5, 0.6) is 5.75 Å². The molecule has 9 nitrogen and oxygen atoms in total. The van der Waals surface area contributed by atoms with E-state index in [1.807, 2.05) is 0 Å². The van der Waals surface area contributed by atoms with Gasteiger partial charge in [0.25, 0.3) is 5.56 Å². The van der Waals surface area contributed by atoms with E-state index in [1.165, 1.54) is 18.3 Å². The van der Waals surface area contributed by atoms with Crippen molar-refractivity contribution in [2.45, 2.75) is 24.7 Å². The molecule has 3 heterocycles. The zero-order chi connectivity index (χ0) is 21.1. The molecule has 0 amide bonds. The molecule has 154 valence electrons. The van der Waals surface area contributed by atoms with Crippen molar-refractivity contribution in [3.63, 3.8) is 0 Å². The van der Waals surface area contributed by atoms with Gasteiger partial charge in [0.15, 0.2) is 5.75 Å². The van der Waals surface area contributed by atoms with Crippen molar-refractivity contribution >= 4 is 12.0 Å². The molecule has 0 radical (unpaired) electrons. The summed E-state index contributed by atoms with van der Waals surface area (Å²) in [5.74, 6) is -0.154. The number of hydrogen-bond donors (Lipinski definition) is 3. The topological polar surface area (TPSA) is 130 Å². The lowest BCUT2D eigenvalue weighted by Crippen LogP contribution is -2.42. The Bertz CT molecular complexity index is 1130. The zero-order valence-corrected chi connectivity index (χ0v) is 15.8. The highest BCUT2D eigenvalue weighted by molar-refractivity contribution is 5.64. The number of ether oxygens (including phenoxy) is 1. The van der Waals surface area contributed by atoms with Crippen LogP contribution in [0.15, 0.2) is 47.5 Å². The van der Waals surface area contributed by atoms with Crippen LogP contribution in [0.3, 0.4) is 0 Å². The van der Waals surface area contributed by atoms with Crippen LogP contribution in [-0.2, 0) is 5.41 Å². The van der Waals surface area contributed by atoms with Gasteiger partial charge < -0.3 is 20.1 Å². The third kappa shape index (κ3) is 3.84. The predicted molar refractivity (Wildman–Crippen MR) is 105 cm³/mol. The highest BCUT2D eigenvalue weighted by Gasteiger charge is 2.41. The average Bonchev–Trinajstić information content (AvgIpc) is 2.70. The number of hydrogen-bond acceptors (Lipinski definition) is 7. The van der Waals surface area contributed by atoms with Gasteiger partial charge in [-0.2, -0.15) is 0 Å². The van der Waals surface area contributed by atoms with E-state index in [0.717, 1.165) is 19.3 Å². The maximum Gasteiger partial charge on any atom is 0.511 e. The Balaban J connectivity index is 1.49. The van der Waals surface area contributed by atoms with Crippen LogP contribution in [0.1, 0.15) is 25.0 Å². The molecule has 0 unspecified atom stereocenters. The number of carboxylic acid groups (broad SMARTS) is 1. The quantitative estimate of drug-likeness (QED) is 0.528. The molecule has 1 aliphatic rings. The van der Waals surface area contributed by atoms with E-state index in [4.69, 9.17) is 5.11 Å². The summed E-state index contributed by atoms with van der Waals surface area (Å²) in [6, 6.07) is 7.64. The molecule has 3 aromatic heterocycles. The number of anilines is 1. The van der Waals surface area contributed by atoms with Crippen molar-refractivity contribution in [2.75, 3.05) is 11.9 Å². The van der Waals surface area contributed by atoms with E-state index < -0.39 is 11.7 Å². The number of carbonyl (C=O) groups is 1. The molecule has 4 rings (SSSR count). The first kappa shape index (κ1) is 19.5. The minimum absolute atomic E-state index is 0.308. The monoisotopic (exact) mass is 411 g/mol. The molecular weight excluding hydrogens is 393 g/mol. The van der Waals surface area contributed by atoms with Crippen LogP contribution in [0, 0.1) is 5.82 Å². The Morgan fingerprint density at radius 2 is 2.13 bits per heavy atom. The second kappa shape index (κ2) is 7.90. The number of rotatable bonds is 6. The summed E-state index contributed by atoms with van der Waals surface area (Å²) in [6.45, 7) is 0.476. The third-order valence-electron chi connectivity index (χ3n) is 5.21. The SMILES string of the molecule is O=C(O)Oc1cc(-c2ccc(NCC3(c4ncccc4F)CCC3)nn2)c[nH]c1=O. The second-order valence-electron chi connectivity index (χ2n) is 7.07. The highest BCUT2D eigenvalue weighted by Crippen LogP contribution is 2.43. The molecule has 0 aliphatic heterocycles. The fourth-order valence-corrected chi connectivity index (χ4v) is 3.50. The zero-order valence-electron chi connectivity index (χ0n) is 15.8. The summed E-state index contributed by atoms with van der Waals surface area (Å²) < 4.78 is 18.7. The number of H-pyrrole nitrogens is 1. The molecule has 0 saturated heterocycles.